The van der Waals surface area contributed by atoms with Crippen LogP contribution in [0.2, 0.25) is 0 Å². The van der Waals surface area contributed by atoms with E-state index >= 15 is 0 Å². The summed E-state index contributed by atoms with van der Waals surface area (Å²) in [6.07, 6.45) is 6.21. The second-order valence-electron chi connectivity index (χ2n) is 2.29. The molecule has 0 fully saturated rings. The molecule has 0 amide bonds. The topological polar surface area (TPSA) is 43.4 Å². The molecule has 0 heterocycles. The highest BCUT2D eigenvalue weighted by molar-refractivity contribution is 5.90. The normalized spacial score (nSPS) is 10.9. The van der Waals surface area contributed by atoms with Crippen LogP contribution < -0.4 is 0 Å². The Balaban J connectivity index is 3.80. The molecule has 0 saturated heterocycles. The van der Waals surface area contributed by atoms with Crippen LogP contribution in [0.25, 0.3) is 0 Å². The number of ether oxygens (including phenoxy) is 1. The predicted octanol–water partition coefficient (Wildman–Crippen LogP) is 1.64. The summed E-state index contributed by atoms with van der Waals surface area (Å²) in [7, 11) is 0. The average Bonchev–Trinajstić information content (AvgIpc) is 2.12. The van der Waals surface area contributed by atoms with Crippen LogP contribution in [-0.2, 0) is 14.3 Å². The number of allylic oxidation sites excluding steroid dienone is 3. The third-order valence-corrected chi connectivity index (χ3v) is 1.26. The van der Waals surface area contributed by atoms with Gasteiger partial charge in [-0.25, -0.2) is 4.79 Å². The monoisotopic (exact) mass is 182 g/mol. The second kappa shape index (κ2) is 7.28. The van der Waals surface area contributed by atoms with Crippen LogP contribution in [0.15, 0.2) is 24.3 Å². The molecule has 0 aliphatic carbocycles. The summed E-state index contributed by atoms with van der Waals surface area (Å²) >= 11 is 0. The van der Waals surface area contributed by atoms with Gasteiger partial charge in [0, 0.05) is 12.5 Å². The Kier molecular flexibility index (Phi) is 6.51. The lowest BCUT2D eigenvalue weighted by Crippen LogP contribution is -1.98. The quantitative estimate of drug-likeness (QED) is 0.369. The van der Waals surface area contributed by atoms with E-state index in [1.54, 1.807) is 13.8 Å². The van der Waals surface area contributed by atoms with E-state index in [9.17, 15) is 9.59 Å². The Morgan fingerprint density at radius 3 is 2.31 bits per heavy atom. The molecule has 0 saturated carbocycles. The van der Waals surface area contributed by atoms with Gasteiger partial charge in [0.15, 0.2) is 5.78 Å². The second-order valence-corrected chi connectivity index (χ2v) is 2.29. The largest absolute Gasteiger partial charge is 0.463 e. The zero-order chi connectivity index (χ0) is 10.1. The maximum Gasteiger partial charge on any atom is 0.330 e. The molecule has 0 atom stereocenters. The number of esters is 1. The first-order valence-corrected chi connectivity index (χ1v) is 4.25. The van der Waals surface area contributed by atoms with E-state index in [1.165, 1.54) is 24.3 Å². The zero-order valence-electron chi connectivity index (χ0n) is 7.95. The Morgan fingerprint density at radius 2 is 1.77 bits per heavy atom. The zero-order valence-corrected chi connectivity index (χ0v) is 7.95. The summed E-state index contributed by atoms with van der Waals surface area (Å²) in [6.45, 7) is 3.88. The van der Waals surface area contributed by atoms with E-state index in [0.717, 1.165) is 0 Å². The van der Waals surface area contributed by atoms with Gasteiger partial charge in [-0.05, 0) is 13.0 Å². The standard InChI is InChI=1S/C10H14O3/c1-3-9(11)7-5-6-8-10(12)13-4-2/h5-8H,3-4H2,1-2H3/b7-5+,8-6-. The van der Waals surface area contributed by atoms with Crippen LogP contribution in [0.4, 0.5) is 0 Å². The summed E-state index contributed by atoms with van der Waals surface area (Å²) in [5.74, 6) is -0.357. The highest BCUT2D eigenvalue weighted by atomic mass is 16.5. The highest BCUT2D eigenvalue weighted by Gasteiger charge is 1.90. The molecule has 0 aromatic rings. The first-order valence-electron chi connectivity index (χ1n) is 4.25. The smallest absolute Gasteiger partial charge is 0.330 e. The Morgan fingerprint density at radius 1 is 1.15 bits per heavy atom. The van der Waals surface area contributed by atoms with Crippen LogP contribution in [0.1, 0.15) is 20.3 Å². The Bertz CT molecular complexity index is 226. The fraction of sp³-hybridized carbons (Fsp3) is 0.400. The molecule has 72 valence electrons. The minimum absolute atomic E-state index is 0.0357. The highest BCUT2D eigenvalue weighted by Crippen LogP contribution is 1.86. The molecule has 0 radical (unpaired) electrons. The van der Waals surface area contributed by atoms with Gasteiger partial charge >= 0.3 is 5.97 Å². The summed E-state index contributed by atoms with van der Waals surface area (Å²) in [5, 5.41) is 0. The van der Waals surface area contributed by atoms with Crippen molar-refractivity contribution in [3.63, 3.8) is 0 Å². The van der Waals surface area contributed by atoms with Gasteiger partial charge in [0.2, 0.25) is 0 Å². The lowest BCUT2D eigenvalue weighted by atomic mass is 10.3. The number of carbonyl (C=O) groups excluding carboxylic acids is 2. The molecule has 0 aromatic heterocycles. The third kappa shape index (κ3) is 7.00. The minimum Gasteiger partial charge on any atom is -0.463 e. The first kappa shape index (κ1) is 11.6. The van der Waals surface area contributed by atoms with Crippen molar-refractivity contribution in [1.29, 1.82) is 0 Å². The van der Waals surface area contributed by atoms with Gasteiger partial charge in [-0.2, -0.15) is 0 Å². The van der Waals surface area contributed by atoms with Crippen molar-refractivity contribution in [3.8, 4) is 0 Å². The van der Waals surface area contributed by atoms with E-state index in [-0.39, 0.29) is 5.78 Å². The van der Waals surface area contributed by atoms with Gasteiger partial charge in [-0.15, -0.1) is 0 Å². The first-order chi connectivity index (χ1) is 6.20. The van der Waals surface area contributed by atoms with Gasteiger partial charge < -0.3 is 4.74 Å². The van der Waals surface area contributed by atoms with E-state index < -0.39 is 5.97 Å². The molecule has 0 aromatic carbocycles. The molecule has 0 rings (SSSR count). The molecule has 0 N–H and O–H groups in total. The van der Waals surface area contributed by atoms with Gasteiger partial charge in [0.05, 0.1) is 6.61 Å². The van der Waals surface area contributed by atoms with Crippen molar-refractivity contribution >= 4 is 11.8 Å². The van der Waals surface area contributed by atoms with Crippen molar-refractivity contribution in [1.82, 2.24) is 0 Å². The summed E-state index contributed by atoms with van der Waals surface area (Å²) in [4.78, 5) is 21.5. The number of rotatable bonds is 5. The van der Waals surface area contributed by atoms with Crippen molar-refractivity contribution < 1.29 is 14.3 Å². The van der Waals surface area contributed by atoms with Crippen molar-refractivity contribution in [2.45, 2.75) is 20.3 Å². The summed E-state index contributed by atoms with van der Waals surface area (Å²) < 4.78 is 4.63. The van der Waals surface area contributed by atoms with Crippen molar-refractivity contribution in [2.75, 3.05) is 6.61 Å². The van der Waals surface area contributed by atoms with Crippen LogP contribution in [-0.4, -0.2) is 18.4 Å². The molecule has 13 heavy (non-hydrogen) atoms. The van der Waals surface area contributed by atoms with Crippen LogP contribution in [0.3, 0.4) is 0 Å². The molecule has 0 aliphatic rings. The number of hydrogen-bond acceptors (Lipinski definition) is 3. The minimum atomic E-state index is -0.393. The molecular weight excluding hydrogens is 168 g/mol. The van der Waals surface area contributed by atoms with Crippen LogP contribution >= 0.6 is 0 Å². The van der Waals surface area contributed by atoms with E-state index in [0.29, 0.717) is 13.0 Å². The molecule has 0 aliphatic heterocycles. The van der Waals surface area contributed by atoms with E-state index in [1.807, 2.05) is 0 Å². The molecule has 3 heteroatoms. The lowest BCUT2D eigenvalue weighted by molar-refractivity contribution is -0.137. The van der Waals surface area contributed by atoms with E-state index in [4.69, 9.17) is 0 Å². The SMILES string of the molecule is CCOC(=O)/C=C\C=C\C(=O)CC. The summed E-state index contributed by atoms with van der Waals surface area (Å²) in [6, 6.07) is 0. The number of ketones is 1. The molecule has 3 nitrogen and oxygen atoms in total. The Labute approximate surface area is 78.1 Å². The predicted molar refractivity (Wildman–Crippen MR) is 50.2 cm³/mol. The van der Waals surface area contributed by atoms with E-state index in [2.05, 4.69) is 4.74 Å². The lowest BCUT2D eigenvalue weighted by Gasteiger charge is -1.92. The average molecular weight is 182 g/mol. The van der Waals surface area contributed by atoms with Crippen molar-refractivity contribution in [3.05, 3.63) is 24.3 Å². The maximum atomic E-state index is 10.7. The number of hydrogen-bond donors (Lipinski definition) is 0. The fourth-order valence-corrected chi connectivity index (χ4v) is 0.605. The number of carbonyl (C=O) groups is 2. The maximum absolute atomic E-state index is 10.7. The van der Waals surface area contributed by atoms with Gasteiger partial charge in [0.25, 0.3) is 0 Å². The van der Waals surface area contributed by atoms with Gasteiger partial charge in [0.1, 0.15) is 0 Å². The van der Waals surface area contributed by atoms with Gasteiger partial charge in [-0.1, -0.05) is 19.1 Å². The molecule has 0 spiro atoms. The Hall–Kier alpha value is -1.38. The van der Waals surface area contributed by atoms with Crippen molar-refractivity contribution in [2.24, 2.45) is 0 Å². The van der Waals surface area contributed by atoms with Crippen LogP contribution in [0.5, 0.6) is 0 Å². The fourth-order valence-electron chi connectivity index (χ4n) is 0.605. The molecular formula is C10H14O3. The summed E-state index contributed by atoms with van der Waals surface area (Å²) in [5.41, 5.74) is 0. The molecule has 0 unspecified atom stereocenters. The van der Waals surface area contributed by atoms with Gasteiger partial charge in [-0.3, -0.25) is 4.79 Å². The van der Waals surface area contributed by atoms with Crippen LogP contribution in [0, 0.1) is 0 Å². The molecule has 0 bridgehead atoms. The third-order valence-electron chi connectivity index (χ3n) is 1.26.